The molecule has 0 amide bonds. The minimum atomic E-state index is -0.257. The Balaban J connectivity index is 1.24. The van der Waals surface area contributed by atoms with E-state index < -0.39 is 0 Å². The molecule has 0 atom stereocenters. The van der Waals surface area contributed by atoms with Crippen molar-refractivity contribution in [3.8, 4) is 0 Å². The number of carbonyl (C=O) groups excluding carboxylic acids is 3. The lowest BCUT2D eigenvalue weighted by molar-refractivity contribution is 0.100. The lowest BCUT2D eigenvalue weighted by Gasteiger charge is -2.16. The Labute approximate surface area is 304 Å². The first kappa shape index (κ1) is 34.8. The van der Waals surface area contributed by atoms with Crippen LogP contribution in [0.5, 0.6) is 0 Å². The molecule has 0 spiro atoms. The number of benzene rings is 5. The summed E-state index contributed by atoms with van der Waals surface area (Å²) in [5.41, 5.74) is 2.18. The van der Waals surface area contributed by atoms with Crippen LogP contribution < -0.4 is 0 Å². The summed E-state index contributed by atoms with van der Waals surface area (Å²) in [5.74, 6) is 0.227. The molecule has 5 aromatic rings. The fraction of sp³-hybridized carbons (Fsp3) is 0.119. The number of allylic oxidation sites excluding steroid dienone is 4. The number of rotatable bonds is 12. The second kappa shape index (κ2) is 16.1. The molecule has 0 aromatic heterocycles. The third-order valence-corrected chi connectivity index (χ3v) is 13.5. The number of hydrogen-bond donors (Lipinski definition) is 0. The van der Waals surface area contributed by atoms with E-state index in [-0.39, 0.29) is 28.2 Å². The molecule has 49 heavy (non-hydrogen) atoms. The van der Waals surface area contributed by atoms with Crippen LogP contribution in [0.3, 0.4) is 0 Å². The average Bonchev–Trinajstić information content (AvgIpc) is 3.11. The van der Waals surface area contributed by atoms with Crippen molar-refractivity contribution >= 4 is 63.5 Å². The highest BCUT2D eigenvalue weighted by Crippen LogP contribution is 2.41. The lowest BCUT2D eigenvalue weighted by atomic mass is 10.2. The molecule has 5 aromatic carbocycles. The zero-order chi connectivity index (χ0) is 34.3. The quantitative estimate of drug-likeness (QED) is 0.0947. The molecule has 244 valence electrons. The Hall–Kier alpha value is -4.01. The van der Waals surface area contributed by atoms with E-state index in [0.29, 0.717) is 0 Å². The maximum absolute atomic E-state index is 11.7. The van der Waals surface area contributed by atoms with Crippen LogP contribution in [0.15, 0.2) is 178 Å². The summed E-state index contributed by atoms with van der Waals surface area (Å²) in [5, 5.41) is 0. The first-order valence-corrected chi connectivity index (χ1v) is 19.6. The van der Waals surface area contributed by atoms with Gasteiger partial charge in [-0.1, -0.05) is 71.7 Å². The molecule has 0 radical (unpaired) electrons. The van der Waals surface area contributed by atoms with Crippen LogP contribution in [-0.2, 0) is 10.9 Å². The smallest absolute Gasteiger partial charge is 0.166 e. The van der Waals surface area contributed by atoms with Crippen LogP contribution in [0, 0.1) is 0 Å². The molecular weight excluding hydrogens is 681 g/mol. The van der Waals surface area contributed by atoms with Gasteiger partial charge in [0.15, 0.2) is 27.1 Å². The Morgan fingerprint density at radius 3 is 1.06 bits per heavy atom. The van der Waals surface area contributed by atoms with Crippen LogP contribution >= 0.6 is 35.3 Å². The van der Waals surface area contributed by atoms with Crippen molar-refractivity contribution in [2.45, 2.75) is 67.9 Å². The van der Waals surface area contributed by atoms with Crippen molar-refractivity contribution in [2.75, 3.05) is 0 Å². The van der Waals surface area contributed by atoms with E-state index in [1.807, 2.05) is 72.8 Å². The SMILES string of the molecule is CC(=O)c1ccc(SC2=CC=C([S+](c3ccc(Sc4ccc(C(C)=O)cc4)cc3)c3ccc(Sc4ccc(C(C)=O)cc4)cc3)CC2)cc1. The summed E-state index contributed by atoms with van der Waals surface area (Å²) in [6, 6.07) is 41.2. The molecule has 0 heterocycles. The highest BCUT2D eigenvalue weighted by atomic mass is 32.2. The minimum Gasteiger partial charge on any atom is -0.295 e. The number of carbonyl (C=O) groups is 3. The second-order valence-corrected chi connectivity index (χ2v) is 17.1. The van der Waals surface area contributed by atoms with Crippen molar-refractivity contribution in [3.05, 3.63) is 160 Å². The predicted molar refractivity (Wildman–Crippen MR) is 206 cm³/mol. The van der Waals surface area contributed by atoms with Gasteiger partial charge in [-0.25, -0.2) is 0 Å². The van der Waals surface area contributed by atoms with Gasteiger partial charge >= 0.3 is 0 Å². The van der Waals surface area contributed by atoms with E-state index in [4.69, 9.17) is 0 Å². The summed E-state index contributed by atoms with van der Waals surface area (Å²) in [6.45, 7) is 4.77. The number of hydrogen-bond acceptors (Lipinski definition) is 6. The fourth-order valence-electron chi connectivity index (χ4n) is 5.28. The molecule has 7 heteroatoms. The molecule has 1 aliphatic rings. The summed E-state index contributed by atoms with van der Waals surface area (Å²) in [6.07, 6.45) is 6.48. The first-order chi connectivity index (χ1) is 23.7. The molecule has 0 fully saturated rings. The summed E-state index contributed by atoms with van der Waals surface area (Å²) < 4.78 is 0. The van der Waals surface area contributed by atoms with E-state index in [9.17, 15) is 14.4 Å². The number of ketones is 3. The zero-order valence-electron chi connectivity index (χ0n) is 27.5. The molecule has 0 saturated heterocycles. The fourth-order valence-corrected chi connectivity index (χ4v) is 10.0. The van der Waals surface area contributed by atoms with Crippen molar-refractivity contribution in [1.29, 1.82) is 0 Å². The Kier molecular flexibility index (Phi) is 11.5. The average molecular weight is 716 g/mol. The van der Waals surface area contributed by atoms with Crippen LogP contribution in [-0.4, -0.2) is 17.3 Å². The summed E-state index contributed by atoms with van der Waals surface area (Å²) >= 11 is 5.15. The van der Waals surface area contributed by atoms with E-state index in [1.165, 1.54) is 19.6 Å². The normalized spacial score (nSPS) is 12.7. The standard InChI is InChI=1S/C42H35O3S4/c1-28(43)31-4-10-34(11-5-31)46-37-16-22-40(23-17-37)49(41-24-18-38(19-25-41)47-35-12-6-32(7-13-35)29(2)44)42-26-20-39(21-27-42)48-36-14-8-33(9-15-36)30(3)45/h4-20,22-26H,21,27H2,1-3H3/q+1. The highest BCUT2D eigenvalue weighted by Gasteiger charge is 2.32. The van der Waals surface area contributed by atoms with Crippen LogP contribution in [0.1, 0.15) is 64.7 Å². The Morgan fingerprint density at radius 1 is 0.429 bits per heavy atom. The van der Waals surface area contributed by atoms with E-state index in [2.05, 4.69) is 60.7 Å². The molecule has 0 saturated carbocycles. The van der Waals surface area contributed by atoms with Crippen molar-refractivity contribution in [3.63, 3.8) is 0 Å². The summed E-state index contributed by atoms with van der Waals surface area (Å²) in [7, 11) is -0.257. The largest absolute Gasteiger partial charge is 0.295 e. The molecule has 1 aliphatic carbocycles. The van der Waals surface area contributed by atoms with Gasteiger partial charge in [-0.3, -0.25) is 14.4 Å². The predicted octanol–water partition coefficient (Wildman–Crippen LogP) is 12.0. The van der Waals surface area contributed by atoms with Crippen LogP contribution in [0.4, 0.5) is 0 Å². The second-order valence-electron chi connectivity index (χ2n) is 11.6. The van der Waals surface area contributed by atoms with Crippen LogP contribution in [0.25, 0.3) is 0 Å². The Bertz CT molecular complexity index is 1920. The zero-order valence-corrected chi connectivity index (χ0v) is 30.7. The van der Waals surface area contributed by atoms with Crippen molar-refractivity contribution in [1.82, 2.24) is 0 Å². The topological polar surface area (TPSA) is 51.2 Å². The Morgan fingerprint density at radius 2 is 0.755 bits per heavy atom. The highest BCUT2D eigenvalue weighted by molar-refractivity contribution is 8.03. The van der Waals surface area contributed by atoms with Gasteiger partial charge in [0.05, 0.1) is 10.9 Å². The van der Waals surface area contributed by atoms with Gasteiger partial charge in [0.25, 0.3) is 0 Å². The molecule has 0 bridgehead atoms. The molecule has 0 aliphatic heterocycles. The third-order valence-electron chi connectivity index (χ3n) is 7.96. The van der Waals surface area contributed by atoms with Gasteiger partial charge < -0.3 is 0 Å². The van der Waals surface area contributed by atoms with Crippen molar-refractivity contribution in [2.24, 2.45) is 0 Å². The van der Waals surface area contributed by atoms with Gasteiger partial charge in [0.2, 0.25) is 0 Å². The van der Waals surface area contributed by atoms with Gasteiger partial charge in [-0.05, 0) is 129 Å². The maximum Gasteiger partial charge on any atom is 0.166 e. The minimum absolute atomic E-state index is 0.0729. The maximum atomic E-state index is 11.7. The van der Waals surface area contributed by atoms with Gasteiger partial charge in [0.1, 0.15) is 4.91 Å². The van der Waals surface area contributed by atoms with E-state index in [0.717, 1.165) is 54.0 Å². The number of Topliss-reactive ketones (excluding diaryl/α,β-unsaturated/α-hetero) is 3. The number of thioether (sulfide) groups is 1. The summed E-state index contributed by atoms with van der Waals surface area (Å²) in [4.78, 5) is 46.0. The molecular formula is C42H35O3S4+. The van der Waals surface area contributed by atoms with Gasteiger partial charge in [-0.2, -0.15) is 0 Å². The molecule has 3 nitrogen and oxygen atoms in total. The van der Waals surface area contributed by atoms with Crippen LogP contribution in [0.2, 0.25) is 0 Å². The third kappa shape index (κ3) is 9.17. The molecule has 0 N–H and O–H groups in total. The van der Waals surface area contributed by atoms with Gasteiger partial charge in [0, 0.05) is 47.6 Å². The van der Waals surface area contributed by atoms with E-state index >= 15 is 0 Å². The van der Waals surface area contributed by atoms with E-state index in [1.54, 1.807) is 56.1 Å². The van der Waals surface area contributed by atoms with Gasteiger partial charge in [-0.15, -0.1) is 0 Å². The first-order valence-electron chi connectivity index (χ1n) is 15.9. The van der Waals surface area contributed by atoms with Crippen molar-refractivity contribution < 1.29 is 14.4 Å². The molecule has 6 rings (SSSR count). The molecule has 0 unspecified atom stereocenters. The monoisotopic (exact) mass is 715 g/mol. The lowest BCUT2D eigenvalue weighted by Crippen LogP contribution is -2.09.